The molecule has 1 amide bonds. The molecule has 36 heavy (non-hydrogen) atoms. The van der Waals surface area contributed by atoms with Crippen molar-refractivity contribution in [3.8, 4) is 11.8 Å². The molecule has 4 aromatic rings. The summed E-state index contributed by atoms with van der Waals surface area (Å²) in [5.74, 6) is 5.80. The quantitative estimate of drug-likeness (QED) is 0.226. The van der Waals surface area contributed by atoms with Crippen molar-refractivity contribution in [3.63, 3.8) is 0 Å². The molecule has 0 unspecified atom stereocenters. The topological polar surface area (TPSA) is 87.6 Å². The highest BCUT2D eigenvalue weighted by atomic mass is 32.2. The van der Waals surface area contributed by atoms with Gasteiger partial charge in [-0.3, -0.25) is 9.52 Å². The van der Waals surface area contributed by atoms with Crippen LogP contribution in [-0.4, -0.2) is 20.5 Å². The van der Waals surface area contributed by atoms with Crippen LogP contribution in [0.3, 0.4) is 0 Å². The smallest absolute Gasteiger partial charge is 0.271 e. The summed E-state index contributed by atoms with van der Waals surface area (Å²) >= 11 is 0. The predicted molar refractivity (Wildman–Crippen MR) is 142 cm³/mol. The number of carbonyl (C=O) groups is 1. The predicted octanol–water partition coefficient (Wildman–Crippen LogP) is 4.96. The van der Waals surface area contributed by atoms with E-state index in [9.17, 15) is 13.2 Å². The van der Waals surface area contributed by atoms with Crippen LogP contribution in [0.1, 0.15) is 32.6 Å². The summed E-state index contributed by atoms with van der Waals surface area (Å²) in [7, 11) is -3.71. The second-order valence-electron chi connectivity index (χ2n) is 7.93. The monoisotopic (exact) mass is 493 g/mol. The molecule has 0 heterocycles. The molecular weight excluding hydrogens is 470 g/mol. The summed E-state index contributed by atoms with van der Waals surface area (Å²) in [6, 6.07) is 29.9. The second kappa shape index (κ2) is 11.2. The van der Waals surface area contributed by atoms with E-state index in [0.717, 1.165) is 22.3 Å². The normalized spacial score (nSPS) is 10.9. The average Bonchev–Trinajstić information content (AvgIpc) is 2.89. The van der Waals surface area contributed by atoms with Gasteiger partial charge in [0.15, 0.2) is 0 Å². The number of rotatable bonds is 6. The number of hydrazone groups is 1. The molecule has 0 aliphatic heterocycles. The van der Waals surface area contributed by atoms with E-state index < -0.39 is 15.9 Å². The fourth-order valence-electron chi connectivity index (χ4n) is 3.17. The van der Waals surface area contributed by atoms with E-state index in [2.05, 4.69) is 27.1 Å². The Bertz CT molecular complexity index is 1530. The Morgan fingerprint density at radius 3 is 2.03 bits per heavy atom. The van der Waals surface area contributed by atoms with Gasteiger partial charge in [0.2, 0.25) is 0 Å². The molecule has 2 N–H and O–H groups in total. The zero-order valence-corrected chi connectivity index (χ0v) is 20.3. The third-order valence-corrected chi connectivity index (χ3v) is 6.54. The summed E-state index contributed by atoms with van der Waals surface area (Å²) in [5.41, 5.74) is 6.77. The first kappa shape index (κ1) is 24.5. The number of nitrogens with zero attached hydrogens (tertiary/aromatic N) is 1. The summed E-state index contributed by atoms with van der Waals surface area (Å²) in [5, 5.41) is 4.00. The first-order valence-electron chi connectivity index (χ1n) is 11.1. The third kappa shape index (κ3) is 6.69. The van der Waals surface area contributed by atoms with Gasteiger partial charge < -0.3 is 0 Å². The fourth-order valence-corrected chi connectivity index (χ4v) is 4.23. The number of carbonyl (C=O) groups excluding carboxylic acids is 1. The molecule has 0 atom stereocenters. The van der Waals surface area contributed by atoms with Crippen LogP contribution in [0.4, 0.5) is 5.69 Å². The van der Waals surface area contributed by atoms with Crippen molar-refractivity contribution in [1.29, 1.82) is 0 Å². The Labute approximate surface area is 210 Å². The molecule has 6 nitrogen and oxygen atoms in total. The summed E-state index contributed by atoms with van der Waals surface area (Å²) < 4.78 is 27.5. The highest BCUT2D eigenvalue weighted by Crippen LogP contribution is 2.17. The molecule has 0 spiro atoms. The molecule has 0 aromatic heterocycles. The highest BCUT2D eigenvalue weighted by Gasteiger charge is 2.14. The van der Waals surface area contributed by atoms with Crippen molar-refractivity contribution in [2.24, 2.45) is 5.10 Å². The maximum absolute atomic E-state index is 12.5. The number of nitrogens with one attached hydrogen (secondary N) is 2. The van der Waals surface area contributed by atoms with Gasteiger partial charge in [-0.25, -0.2) is 13.8 Å². The van der Waals surface area contributed by atoms with Gasteiger partial charge in [0.05, 0.1) is 11.1 Å². The molecule has 4 aromatic carbocycles. The van der Waals surface area contributed by atoms with Crippen molar-refractivity contribution in [3.05, 3.63) is 131 Å². The minimum atomic E-state index is -3.71. The first-order valence-corrected chi connectivity index (χ1v) is 12.6. The SMILES string of the molecule is Cc1ccc(S(=O)(=O)Nc2ccc(C(=O)N/N=C/c3ccc(C#Cc4ccccc4)cc3)cc2)cc1. The van der Waals surface area contributed by atoms with Gasteiger partial charge in [0.25, 0.3) is 15.9 Å². The number of aryl methyl sites for hydroxylation is 1. The lowest BCUT2D eigenvalue weighted by molar-refractivity contribution is 0.0955. The highest BCUT2D eigenvalue weighted by molar-refractivity contribution is 7.92. The molecule has 0 fully saturated rings. The van der Waals surface area contributed by atoms with Crippen molar-refractivity contribution in [1.82, 2.24) is 5.43 Å². The van der Waals surface area contributed by atoms with E-state index in [4.69, 9.17) is 0 Å². The number of sulfonamides is 1. The third-order valence-electron chi connectivity index (χ3n) is 5.15. The van der Waals surface area contributed by atoms with Gasteiger partial charge in [0, 0.05) is 22.4 Å². The molecule has 0 bridgehead atoms. The van der Waals surface area contributed by atoms with Gasteiger partial charge in [-0.1, -0.05) is 59.9 Å². The van der Waals surface area contributed by atoms with Crippen LogP contribution in [0.5, 0.6) is 0 Å². The number of benzene rings is 4. The van der Waals surface area contributed by atoms with Crippen molar-refractivity contribution in [2.75, 3.05) is 4.72 Å². The Morgan fingerprint density at radius 1 is 0.778 bits per heavy atom. The maximum Gasteiger partial charge on any atom is 0.271 e. The van der Waals surface area contributed by atoms with Gasteiger partial charge in [-0.05, 0) is 73.2 Å². The number of hydrogen-bond acceptors (Lipinski definition) is 4. The van der Waals surface area contributed by atoms with Crippen molar-refractivity contribution >= 4 is 27.8 Å². The largest absolute Gasteiger partial charge is 0.280 e. The number of hydrogen-bond donors (Lipinski definition) is 2. The van der Waals surface area contributed by atoms with E-state index >= 15 is 0 Å². The molecular formula is C29H23N3O3S. The van der Waals surface area contributed by atoms with Crippen LogP contribution in [0.15, 0.2) is 113 Å². The van der Waals surface area contributed by atoms with E-state index in [1.807, 2.05) is 61.5 Å². The molecule has 7 heteroatoms. The van der Waals surface area contributed by atoms with E-state index in [0.29, 0.717) is 11.3 Å². The second-order valence-corrected chi connectivity index (χ2v) is 9.62. The lowest BCUT2D eigenvalue weighted by Crippen LogP contribution is -2.18. The molecule has 178 valence electrons. The molecule has 0 aliphatic carbocycles. The standard InChI is InChI=1S/C29H23N3O3S/c1-22-7-19-28(20-8-22)36(34,35)32-27-17-15-26(16-18-27)29(33)31-30-21-25-13-11-24(12-14-25)10-9-23-5-3-2-4-6-23/h2-8,11-21,32H,1H3,(H,31,33)/b30-21+. The lowest BCUT2D eigenvalue weighted by atomic mass is 10.1. The van der Waals surface area contributed by atoms with Gasteiger partial charge in [0.1, 0.15) is 0 Å². The van der Waals surface area contributed by atoms with Crippen LogP contribution < -0.4 is 10.1 Å². The van der Waals surface area contributed by atoms with E-state index in [1.54, 1.807) is 24.3 Å². The Kier molecular flexibility index (Phi) is 7.59. The Balaban J connectivity index is 1.32. The minimum Gasteiger partial charge on any atom is -0.280 e. The minimum absolute atomic E-state index is 0.167. The van der Waals surface area contributed by atoms with E-state index in [1.165, 1.54) is 30.5 Å². The zero-order valence-electron chi connectivity index (χ0n) is 19.5. The Hall–Kier alpha value is -4.67. The fraction of sp³-hybridized carbons (Fsp3) is 0.0345. The van der Waals surface area contributed by atoms with Crippen LogP contribution in [0, 0.1) is 18.8 Å². The van der Waals surface area contributed by atoms with Crippen LogP contribution >= 0.6 is 0 Å². The number of amides is 1. The summed E-state index contributed by atoms with van der Waals surface area (Å²) in [6.07, 6.45) is 1.54. The first-order chi connectivity index (χ1) is 17.4. The van der Waals surface area contributed by atoms with Crippen molar-refractivity contribution in [2.45, 2.75) is 11.8 Å². The van der Waals surface area contributed by atoms with Crippen LogP contribution in [0.25, 0.3) is 0 Å². The number of anilines is 1. The lowest BCUT2D eigenvalue weighted by Gasteiger charge is -2.09. The Morgan fingerprint density at radius 2 is 1.39 bits per heavy atom. The molecule has 4 rings (SSSR count). The maximum atomic E-state index is 12.5. The summed E-state index contributed by atoms with van der Waals surface area (Å²) in [6.45, 7) is 1.89. The van der Waals surface area contributed by atoms with Crippen molar-refractivity contribution < 1.29 is 13.2 Å². The average molecular weight is 494 g/mol. The molecule has 0 saturated carbocycles. The molecule has 0 radical (unpaired) electrons. The van der Waals surface area contributed by atoms with Crippen LogP contribution in [-0.2, 0) is 10.0 Å². The van der Waals surface area contributed by atoms with Gasteiger partial charge in [-0.2, -0.15) is 5.10 Å². The molecule has 0 aliphatic rings. The zero-order chi connectivity index (χ0) is 25.4. The van der Waals surface area contributed by atoms with Crippen LogP contribution in [0.2, 0.25) is 0 Å². The van der Waals surface area contributed by atoms with E-state index in [-0.39, 0.29) is 4.90 Å². The molecule has 0 saturated heterocycles. The summed E-state index contributed by atoms with van der Waals surface area (Å²) in [4.78, 5) is 12.5. The van der Waals surface area contributed by atoms with Gasteiger partial charge >= 0.3 is 0 Å². The van der Waals surface area contributed by atoms with Gasteiger partial charge in [-0.15, -0.1) is 0 Å².